The first-order chi connectivity index (χ1) is 17.2. The molecule has 2 aromatic heterocycles. The van der Waals surface area contributed by atoms with Gasteiger partial charge in [-0.2, -0.15) is 0 Å². The molecule has 2 saturated carbocycles. The smallest absolute Gasteiger partial charge is 0.124 e. The molecule has 0 bridgehead atoms. The average Bonchev–Trinajstić information content (AvgIpc) is 3.50. The lowest BCUT2D eigenvalue weighted by Crippen LogP contribution is -2.18. The van der Waals surface area contributed by atoms with Crippen LogP contribution >= 0.6 is 0 Å². The number of aromatic amines is 2. The lowest BCUT2D eigenvalue weighted by molar-refractivity contribution is 0.542. The van der Waals surface area contributed by atoms with Gasteiger partial charge in [0.1, 0.15) is 11.6 Å². The van der Waals surface area contributed by atoms with Gasteiger partial charge in [-0.25, -0.2) is 9.97 Å². The SMILES string of the molecule is c1cc2c(cc1-c1ccc3nc([C@@H]4C[C@H]5C[C@H]5N4)[nH]c3c1)CCCc1[nH]c([C@@H]3C[C@H]4CC4N3)nc1-2. The summed E-state index contributed by atoms with van der Waals surface area (Å²) in [5.41, 5.74) is 9.95. The number of hydrogen-bond donors (Lipinski definition) is 4. The first kappa shape index (κ1) is 19.3. The standard InChI is InChI=1S/C29H30N6/c1-2-16-8-14(15-5-7-20-24(9-15)34-28(32-20)25-12-17-10-22(17)30-25)4-6-19(16)27-21(3-1)33-29(35-27)26-13-18-11-23(18)31-26/h4-9,17-18,22-23,25-26,30-31H,1-3,10-13H2,(H,32,34)(H,33,35)/t17-,18-,22-,23?,25+,26+/m1/s1. The van der Waals surface area contributed by atoms with Crippen molar-refractivity contribution >= 4 is 11.0 Å². The van der Waals surface area contributed by atoms with Crippen molar-refractivity contribution in [1.29, 1.82) is 0 Å². The second-order valence-electron chi connectivity index (χ2n) is 11.6. The quantitative estimate of drug-likeness (QED) is 0.347. The third-order valence-corrected chi connectivity index (χ3v) is 9.28. The largest absolute Gasteiger partial charge is 0.344 e. The van der Waals surface area contributed by atoms with Gasteiger partial charge in [0, 0.05) is 23.3 Å². The second kappa shape index (κ2) is 6.83. The zero-order valence-corrected chi connectivity index (χ0v) is 19.8. The molecule has 4 N–H and O–H groups in total. The third-order valence-electron chi connectivity index (χ3n) is 9.28. The van der Waals surface area contributed by atoms with Crippen molar-refractivity contribution < 1.29 is 0 Å². The van der Waals surface area contributed by atoms with Gasteiger partial charge in [0.05, 0.1) is 28.8 Å². The molecule has 176 valence electrons. The van der Waals surface area contributed by atoms with E-state index in [4.69, 9.17) is 9.97 Å². The van der Waals surface area contributed by atoms with Gasteiger partial charge >= 0.3 is 0 Å². The predicted molar refractivity (Wildman–Crippen MR) is 136 cm³/mol. The molecular formula is C29H30N6. The number of aryl methyl sites for hydroxylation is 2. The van der Waals surface area contributed by atoms with E-state index < -0.39 is 0 Å². The lowest BCUT2D eigenvalue weighted by atomic mass is 9.96. The molecule has 2 saturated heterocycles. The third kappa shape index (κ3) is 3.02. The van der Waals surface area contributed by atoms with Gasteiger partial charge in [0.25, 0.3) is 0 Å². The molecule has 3 aliphatic carbocycles. The number of piperidine rings is 2. The highest BCUT2D eigenvalue weighted by Gasteiger charge is 2.47. The molecular weight excluding hydrogens is 432 g/mol. The van der Waals surface area contributed by atoms with Gasteiger partial charge in [-0.05, 0) is 85.6 Å². The van der Waals surface area contributed by atoms with Crippen LogP contribution in [0.25, 0.3) is 33.4 Å². The maximum Gasteiger partial charge on any atom is 0.124 e. The number of nitrogens with one attached hydrogen (secondary N) is 4. The average molecular weight is 463 g/mol. The van der Waals surface area contributed by atoms with Crippen molar-refractivity contribution in [3.63, 3.8) is 0 Å². The summed E-state index contributed by atoms with van der Waals surface area (Å²) < 4.78 is 0. The minimum atomic E-state index is 0.389. The number of H-pyrrole nitrogens is 2. The summed E-state index contributed by atoms with van der Waals surface area (Å²) in [4.78, 5) is 17.4. The van der Waals surface area contributed by atoms with E-state index in [2.05, 4.69) is 57.0 Å². The van der Waals surface area contributed by atoms with Gasteiger partial charge in [-0.3, -0.25) is 0 Å². The molecule has 0 amide bonds. The maximum atomic E-state index is 5.14. The Labute approximate surface area is 204 Å². The second-order valence-corrected chi connectivity index (χ2v) is 11.6. The van der Waals surface area contributed by atoms with E-state index in [9.17, 15) is 0 Å². The monoisotopic (exact) mass is 462 g/mol. The van der Waals surface area contributed by atoms with Gasteiger partial charge in [-0.15, -0.1) is 0 Å². The Kier molecular flexibility index (Phi) is 3.76. The van der Waals surface area contributed by atoms with E-state index >= 15 is 0 Å². The summed E-state index contributed by atoms with van der Waals surface area (Å²) >= 11 is 0. The summed E-state index contributed by atoms with van der Waals surface area (Å²) in [6.07, 6.45) is 8.49. The zero-order chi connectivity index (χ0) is 22.7. The minimum absolute atomic E-state index is 0.389. The molecule has 35 heavy (non-hydrogen) atoms. The van der Waals surface area contributed by atoms with Crippen LogP contribution in [0.2, 0.25) is 0 Å². The Bertz CT molecular complexity index is 1480. The Morgan fingerprint density at radius 3 is 2.23 bits per heavy atom. The molecule has 0 radical (unpaired) electrons. The van der Waals surface area contributed by atoms with Crippen molar-refractivity contribution in [2.45, 2.75) is 69.1 Å². The van der Waals surface area contributed by atoms with Crippen molar-refractivity contribution in [3.05, 3.63) is 59.3 Å². The minimum Gasteiger partial charge on any atom is -0.344 e. The van der Waals surface area contributed by atoms with Crippen molar-refractivity contribution in [2.75, 3.05) is 0 Å². The zero-order valence-electron chi connectivity index (χ0n) is 19.8. The number of nitrogens with zero attached hydrogens (tertiary/aromatic N) is 2. The topological polar surface area (TPSA) is 81.4 Å². The van der Waals surface area contributed by atoms with Crippen LogP contribution in [0.5, 0.6) is 0 Å². The first-order valence-electron chi connectivity index (χ1n) is 13.5. The molecule has 6 atom stereocenters. The molecule has 0 spiro atoms. The lowest BCUT2D eigenvalue weighted by Gasteiger charge is -2.11. The molecule has 1 unspecified atom stereocenters. The van der Waals surface area contributed by atoms with Crippen LogP contribution in [0.3, 0.4) is 0 Å². The van der Waals surface area contributed by atoms with Gasteiger partial charge in [-0.1, -0.05) is 24.3 Å². The van der Waals surface area contributed by atoms with E-state index in [0.717, 1.165) is 65.9 Å². The van der Waals surface area contributed by atoms with Crippen LogP contribution in [0, 0.1) is 11.8 Å². The molecule has 4 fully saturated rings. The van der Waals surface area contributed by atoms with E-state index in [1.54, 1.807) is 0 Å². The van der Waals surface area contributed by atoms with Crippen molar-refractivity contribution in [1.82, 2.24) is 30.6 Å². The number of aromatic nitrogens is 4. The maximum absolute atomic E-state index is 5.14. The molecule has 9 rings (SSSR count). The Balaban J connectivity index is 1.05. The van der Waals surface area contributed by atoms with Crippen LogP contribution in [0.4, 0.5) is 0 Å². The molecule has 4 heterocycles. The molecule has 6 nitrogen and oxygen atoms in total. The highest BCUT2D eigenvalue weighted by Crippen LogP contribution is 2.47. The number of imidazole rings is 2. The molecule has 4 aromatic rings. The summed E-state index contributed by atoms with van der Waals surface area (Å²) in [6, 6.07) is 15.9. The Hall–Kier alpha value is -2.96. The molecule has 6 heteroatoms. The van der Waals surface area contributed by atoms with Crippen LogP contribution in [0.15, 0.2) is 36.4 Å². The highest BCUT2D eigenvalue weighted by atomic mass is 15.1. The summed E-state index contributed by atoms with van der Waals surface area (Å²) in [6.45, 7) is 0. The van der Waals surface area contributed by atoms with Crippen molar-refractivity contribution in [3.8, 4) is 22.4 Å². The van der Waals surface area contributed by atoms with E-state index in [1.807, 2.05) is 0 Å². The van der Waals surface area contributed by atoms with Crippen LogP contribution in [-0.4, -0.2) is 32.0 Å². The predicted octanol–water partition coefficient (Wildman–Crippen LogP) is 4.95. The summed E-state index contributed by atoms with van der Waals surface area (Å²) in [5.74, 6) is 3.99. The van der Waals surface area contributed by atoms with Crippen LogP contribution < -0.4 is 10.6 Å². The normalized spacial score (nSPS) is 32.1. The van der Waals surface area contributed by atoms with E-state index in [-0.39, 0.29) is 0 Å². The number of fused-ring (bicyclic) bond motifs is 6. The molecule has 2 aromatic carbocycles. The number of rotatable bonds is 3. The van der Waals surface area contributed by atoms with Gasteiger partial charge < -0.3 is 20.6 Å². The highest BCUT2D eigenvalue weighted by molar-refractivity contribution is 5.83. The number of hydrogen-bond acceptors (Lipinski definition) is 4. The summed E-state index contributed by atoms with van der Waals surface area (Å²) in [5, 5.41) is 7.47. The first-order valence-corrected chi connectivity index (χ1v) is 13.5. The van der Waals surface area contributed by atoms with Crippen LogP contribution in [-0.2, 0) is 12.8 Å². The summed E-state index contributed by atoms with van der Waals surface area (Å²) in [7, 11) is 0. The van der Waals surface area contributed by atoms with Crippen LogP contribution in [0.1, 0.15) is 67.1 Å². The fourth-order valence-electron chi connectivity index (χ4n) is 7.10. The van der Waals surface area contributed by atoms with Gasteiger partial charge in [0.2, 0.25) is 0 Å². The van der Waals surface area contributed by atoms with E-state index in [0.29, 0.717) is 12.1 Å². The fraction of sp³-hybridized carbons (Fsp3) is 0.448. The Morgan fingerprint density at radius 1 is 0.714 bits per heavy atom. The fourth-order valence-corrected chi connectivity index (χ4v) is 7.10. The number of benzene rings is 2. The molecule has 2 aliphatic heterocycles. The van der Waals surface area contributed by atoms with Gasteiger partial charge in [0.15, 0.2) is 0 Å². The molecule has 5 aliphatic rings. The van der Waals surface area contributed by atoms with E-state index in [1.165, 1.54) is 59.3 Å². The van der Waals surface area contributed by atoms with Crippen molar-refractivity contribution in [2.24, 2.45) is 11.8 Å². The Morgan fingerprint density at radius 2 is 1.46 bits per heavy atom.